The summed E-state index contributed by atoms with van der Waals surface area (Å²) in [4.78, 5) is 20.2. The van der Waals surface area contributed by atoms with E-state index in [4.69, 9.17) is 4.74 Å². The number of rotatable bonds is 4. The molecule has 1 N–H and O–H groups in total. The molecule has 0 saturated carbocycles. The molecule has 0 fully saturated rings. The lowest BCUT2D eigenvalue weighted by Gasteiger charge is -2.35. The summed E-state index contributed by atoms with van der Waals surface area (Å²) in [6.45, 7) is 0.697. The molecule has 0 unspecified atom stereocenters. The highest BCUT2D eigenvalue weighted by Crippen LogP contribution is 2.42. The van der Waals surface area contributed by atoms with Gasteiger partial charge in [0.2, 0.25) is 5.91 Å². The average Bonchev–Trinajstić information content (AvgIpc) is 3.36. The lowest BCUT2D eigenvalue weighted by Crippen LogP contribution is -2.41. The number of nitrogens with zero attached hydrogens (tertiary/aromatic N) is 1. The van der Waals surface area contributed by atoms with Crippen molar-refractivity contribution in [1.29, 1.82) is 0 Å². The van der Waals surface area contributed by atoms with Crippen LogP contribution >= 0.6 is 27.3 Å². The number of carbonyl (C=O) groups is 1. The number of carbonyl (C=O) groups excluding carboxylic acids is 1. The van der Waals surface area contributed by atoms with Gasteiger partial charge >= 0.3 is 0 Å². The molecule has 0 radical (unpaired) electrons. The summed E-state index contributed by atoms with van der Waals surface area (Å²) in [5.74, 6) is 1.000. The van der Waals surface area contributed by atoms with Crippen molar-refractivity contribution in [2.24, 2.45) is 0 Å². The van der Waals surface area contributed by atoms with Crippen molar-refractivity contribution in [1.82, 2.24) is 9.88 Å². The number of thiophene rings is 1. The van der Waals surface area contributed by atoms with Gasteiger partial charge in [-0.1, -0.05) is 30.3 Å². The second kappa shape index (κ2) is 7.93. The van der Waals surface area contributed by atoms with Crippen LogP contribution in [0, 0.1) is 0 Å². The topological polar surface area (TPSA) is 45.3 Å². The minimum atomic E-state index is -0.111. The molecule has 152 valence electrons. The minimum Gasteiger partial charge on any atom is -0.497 e. The third kappa shape index (κ3) is 3.44. The van der Waals surface area contributed by atoms with Gasteiger partial charge < -0.3 is 14.6 Å². The summed E-state index contributed by atoms with van der Waals surface area (Å²) in [7, 11) is 1.69. The summed E-state index contributed by atoms with van der Waals surface area (Å²) in [6, 6.07) is 18.1. The van der Waals surface area contributed by atoms with Crippen LogP contribution in [-0.2, 0) is 17.6 Å². The van der Waals surface area contributed by atoms with E-state index in [9.17, 15) is 4.79 Å². The molecule has 0 bridgehead atoms. The van der Waals surface area contributed by atoms with Gasteiger partial charge in [-0.3, -0.25) is 4.79 Å². The molecule has 1 aliphatic rings. The molecule has 3 heterocycles. The Morgan fingerprint density at radius 1 is 1.23 bits per heavy atom. The highest BCUT2D eigenvalue weighted by molar-refractivity contribution is 9.10. The Bertz CT molecular complexity index is 1210. The van der Waals surface area contributed by atoms with E-state index >= 15 is 0 Å². The highest BCUT2D eigenvalue weighted by atomic mass is 79.9. The van der Waals surface area contributed by atoms with E-state index in [1.807, 2.05) is 41.3 Å². The Labute approximate surface area is 187 Å². The first kappa shape index (κ1) is 19.4. The Balaban J connectivity index is 1.59. The second-order valence-corrected chi connectivity index (χ2v) is 9.36. The van der Waals surface area contributed by atoms with Gasteiger partial charge in [0.05, 0.1) is 13.5 Å². The van der Waals surface area contributed by atoms with Gasteiger partial charge in [-0.2, -0.15) is 0 Å². The largest absolute Gasteiger partial charge is 0.497 e. The Hall–Kier alpha value is -2.57. The summed E-state index contributed by atoms with van der Waals surface area (Å²) in [5, 5.41) is 3.26. The van der Waals surface area contributed by atoms with Crippen molar-refractivity contribution in [3.63, 3.8) is 0 Å². The normalized spacial score (nSPS) is 15.9. The molecule has 0 aliphatic carbocycles. The molecule has 1 amide bonds. The zero-order chi connectivity index (χ0) is 20.7. The summed E-state index contributed by atoms with van der Waals surface area (Å²) >= 11 is 5.26. The van der Waals surface area contributed by atoms with E-state index in [2.05, 4.69) is 44.5 Å². The second-order valence-electron chi connectivity index (χ2n) is 7.50. The fourth-order valence-corrected chi connectivity index (χ4v) is 5.87. The number of methoxy groups -OCH3 is 1. The van der Waals surface area contributed by atoms with Gasteiger partial charge in [0.1, 0.15) is 11.8 Å². The van der Waals surface area contributed by atoms with Crippen LogP contribution in [-0.4, -0.2) is 29.4 Å². The number of fused-ring (bicyclic) bond motifs is 3. The Morgan fingerprint density at radius 3 is 2.80 bits per heavy atom. The van der Waals surface area contributed by atoms with Crippen molar-refractivity contribution in [2.45, 2.75) is 18.9 Å². The van der Waals surface area contributed by atoms with Gasteiger partial charge in [-0.05, 0) is 57.7 Å². The van der Waals surface area contributed by atoms with Gasteiger partial charge in [0.15, 0.2) is 0 Å². The molecule has 4 nitrogen and oxygen atoms in total. The first-order valence-electron chi connectivity index (χ1n) is 9.90. The number of benzene rings is 2. The molecule has 2 aromatic carbocycles. The quantitative estimate of drug-likeness (QED) is 0.406. The van der Waals surface area contributed by atoms with Gasteiger partial charge in [0.25, 0.3) is 0 Å². The molecule has 6 heteroatoms. The summed E-state index contributed by atoms with van der Waals surface area (Å²) < 4.78 is 6.49. The minimum absolute atomic E-state index is 0.111. The first-order chi connectivity index (χ1) is 14.6. The molecule has 0 spiro atoms. The number of ether oxygens (including phenoxy) is 1. The van der Waals surface area contributed by atoms with Crippen molar-refractivity contribution in [3.05, 3.63) is 86.1 Å². The van der Waals surface area contributed by atoms with Crippen LogP contribution in [0.5, 0.6) is 5.75 Å². The molecular formula is C24H21BrN2O2S. The molecule has 1 atom stereocenters. The van der Waals surface area contributed by atoms with Crippen LogP contribution in [0.25, 0.3) is 10.9 Å². The summed E-state index contributed by atoms with van der Waals surface area (Å²) in [5.41, 5.74) is 4.52. The van der Waals surface area contributed by atoms with E-state index in [-0.39, 0.29) is 11.9 Å². The molecule has 30 heavy (non-hydrogen) atoms. The fourth-order valence-electron chi connectivity index (χ4n) is 4.30. The van der Waals surface area contributed by atoms with Gasteiger partial charge in [-0.15, -0.1) is 11.3 Å². The van der Waals surface area contributed by atoms with E-state index in [1.54, 1.807) is 18.4 Å². The maximum atomic E-state index is 13.4. The lowest BCUT2D eigenvalue weighted by molar-refractivity contribution is -0.132. The SMILES string of the molecule is COc1ccc2[nH]c3c(c2c1)CCN(C(=O)Cc1ccccc1)[C@@H]3c1cc(Br)cs1. The van der Waals surface area contributed by atoms with Crippen LogP contribution in [0.15, 0.2) is 64.5 Å². The Kier molecular flexibility index (Phi) is 5.13. The van der Waals surface area contributed by atoms with Crippen molar-refractivity contribution >= 4 is 44.1 Å². The van der Waals surface area contributed by atoms with Gasteiger partial charge in [-0.25, -0.2) is 0 Å². The van der Waals surface area contributed by atoms with Crippen LogP contribution in [0.4, 0.5) is 0 Å². The number of nitrogens with one attached hydrogen (secondary N) is 1. The van der Waals surface area contributed by atoms with E-state index in [0.717, 1.165) is 38.3 Å². The number of aromatic nitrogens is 1. The lowest BCUT2D eigenvalue weighted by atomic mass is 9.95. The van der Waals surface area contributed by atoms with Crippen molar-refractivity contribution in [3.8, 4) is 5.75 Å². The number of halogens is 1. The third-order valence-corrected chi connectivity index (χ3v) is 7.46. The van der Waals surface area contributed by atoms with E-state index in [1.165, 1.54) is 10.9 Å². The standard InChI is InChI=1S/C24H21BrN2O2S/c1-29-17-7-8-20-19(13-17)18-9-10-27(22(28)11-15-5-3-2-4-6-15)24(23(18)26-20)21-12-16(25)14-30-21/h2-8,12-14,24,26H,9-11H2,1H3/t24-/m1/s1. The van der Waals surface area contributed by atoms with Crippen molar-refractivity contribution < 1.29 is 9.53 Å². The number of amides is 1. The number of hydrogen-bond acceptors (Lipinski definition) is 3. The number of H-pyrrole nitrogens is 1. The third-order valence-electron chi connectivity index (χ3n) is 5.71. The molecule has 4 aromatic rings. The monoisotopic (exact) mass is 480 g/mol. The predicted molar refractivity (Wildman–Crippen MR) is 124 cm³/mol. The van der Waals surface area contributed by atoms with Crippen LogP contribution in [0.2, 0.25) is 0 Å². The molecular weight excluding hydrogens is 460 g/mol. The average molecular weight is 481 g/mol. The molecule has 0 saturated heterocycles. The van der Waals surface area contributed by atoms with Crippen LogP contribution in [0.3, 0.4) is 0 Å². The van der Waals surface area contributed by atoms with Crippen molar-refractivity contribution in [2.75, 3.05) is 13.7 Å². The van der Waals surface area contributed by atoms with E-state index < -0.39 is 0 Å². The maximum absolute atomic E-state index is 13.4. The fraction of sp³-hybridized carbons (Fsp3) is 0.208. The highest BCUT2D eigenvalue weighted by Gasteiger charge is 2.35. The predicted octanol–water partition coefficient (Wildman–Crippen LogP) is 5.72. The number of aromatic amines is 1. The molecule has 5 rings (SSSR count). The summed E-state index contributed by atoms with van der Waals surface area (Å²) in [6.07, 6.45) is 1.24. The first-order valence-corrected chi connectivity index (χ1v) is 11.6. The molecule has 1 aliphatic heterocycles. The van der Waals surface area contributed by atoms with Crippen LogP contribution < -0.4 is 4.74 Å². The Morgan fingerprint density at radius 2 is 2.07 bits per heavy atom. The molecule has 2 aromatic heterocycles. The zero-order valence-electron chi connectivity index (χ0n) is 16.5. The smallest absolute Gasteiger partial charge is 0.227 e. The zero-order valence-corrected chi connectivity index (χ0v) is 18.9. The maximum Gasteiger partial charge on any atom is 0.227 e. The van der Waals surface area contributed by atoms with Crippen LogP contribution in [0.1, 0.15) is 27.7 Å². The van der Waals surface area contributed by atoms with E-state index in [0.29, 0.717) is 13.0 Å². The van der Waals surface area contributed by atoms with Gasteiger partial charge in [0, 0.05) is 37.9 Å². The number of hydrogen-bond donors (Lipinski definition) is 1.